The minimum atomic E-state index is 0.477. The molecule has 0 aromatic heterocycles. The van der Waals surface area contributed by atoms with Crippen LogP contribution in [0.3, 0.4) is 0 Å². The van der Waals surface area contributed by atoms with Gasteiger partial charge in [-0.2, -0.15) is 0 Å². The van der Waals surface area contributed by atoms with Crippen LogP contribution in [-0.2, 0) is 4.74 Å². The largest absolute Gasteiger partial charge is 0.381 e. The molecule has 3 heteroatoms. The maximum atomic E-state index is 6.10. The van der Waals surface area contributed by atoms with E-state index in [1.165, 1.54) is 19.4 Å². The van der Waals surface area contributed by atoms with Gasteiger partial charge >= 0.3 is 0 Å². The highest BCUT2D eigenvalue weighted by Crippen LogP contribution is 2.43. The molecule has 4 rings (SSSR count). The maximum Gasteiger partial charge on any atom is 0.0506 e. The normalized spacial score (nSPS) is 53.1. The molecule has 5 unspecified atom stereocenters. The number of ether oxygens (including phenoxy) is 1. The Bertz CT molecular complexity index is 233. The molecule has 3 saturated heterocycles. The zero-order chi connectivity index (χ0) is 9.71. The summed E-state index contributed by atoms with van der Waals surface area (Å²) < 4.78 is 5.49. The molecule has 3 heterocycles. The second-order valence-electron chi connectivity index (χ2n) is 5.25. The average Bonchev–Trinajstić information content (AvgIpc) is 2.75. The smallest absolute Gasteiger partial charge is 0.0506 e. The molecule has 0 aromatic carbocycles. The molecule has 0 radical (unpaired) electrons. The molecule has 4 fully saturated rings. The predicted molar refractivity (Wildman–Crippen MR) is 55.0 cm³/mol. The van der Waals surface area contributed by atoms with Crippen LogP contribution in [-0.4, -0.2) is 42.8 Å². The summed E-state index contributed by atoms with van der Waals surface area (Å²) in [5.74, 6) is 1.49. The van der Waals surface area contributed by atoms with Crippen molar-refractivity contribution in [1.82, 2.24) is 4.90 Å². The standard InChI is InChI=1S/C11H20N2O/c1-7-6-14-3-2-9(7)13-5-8-4-10(13)11(8)12/h7-11H,2-6,12H2,1H3. The number of hydrogen-bond donors (Lipinski definition) is 1. The lowest BCUT2D eigenvalue weighted by molar-refractivity contribution is -0.00834. The van der Waals surface area contributed by atoms with Crippen LogP contribution in [0, 0.1) is 11.8 Å². The first-order chi connectivity index (χ1) is 6.77. The van der Waals surface area contributed by atoms with Gasteiger partial charge in [-0.1, -0.05) is 6.92 Å². The third kappa shape index (κ3) is 1.16. The molecule has 14 heavy (non-hydrogen) atoms. The summed E-state index contributed by atoms with van der Waals surface area (Å²) in [6.45, 7) is 5.44. The summed E-state index contributed by atoms with van der Waals surface area (Å²) in [5.41, 5.74) is 6.10. The summed E-state index contributed by atoms with van der Waals surface area (Å²) in [7, 11) is 0. The van der Waals surface area contributed by atoms with E-state index >= 15 is 0 Å². The zero-order valence-corrected chi connectivity index (χ0v) is 8.86. The van der Waals surface area contributed by atoms with Crippen molar-refractivity contribution in [3.8, 4) is 0 Å². The molecule has 0 spiro atoms. The van der Waals surface area contributed by atoms with E-state index < -0.39 is 0 Å². The highest BCUT2D eigenvalue weighted by Gasteiger charge is 2.52. The van der Waals surface area contributed by atoms with Crippen LogP contribution >= 0.6 is 0 Å². The highest BCUT2D eigenvalue weighted by molar-refractivity contribution is 5.09. The molecule has 1 aliphatic carbocycles. The summed E-state index contributed by atoms with van der Waals surface area (Å²) in [5, 5.41) is 0. The Kier molecular flexibility index (Phi) is 2.08. The lowest BCUT2D eigenvalue weighted by Crippen LogP contribution is -2.53. The van der Waals surface area contributed by atoms with E-state index in [-0.39, 0.29) is 0 Å². The predicted octanol–water partition coefficient (Wildman–Crippen LogP) is 0.443. The second kappa shape index (κ2) is 3.19. The minimum Gasteiger partial charge on any atom is -0.381 e. The fourth-order valence-electron chi connectivity index (χ4n) is 3.44. The Morgan fingerprint density at radius 2 is 2.21 bits per heavy atom. The fourth-order valence-corrected chi connectivity index (χ4v) is 3.44. The highest BCUT2D eigenvalue weighted by atomic mass is 16.5. The number of hydrogen-bond acceptors (Lipinski definition) is 3. The van der Waals surface area contributed by atoms with Gasteiger partial charge in [0.2, 0.25) is 0 Å². The number of rotatable bonds is 1. The molecule has 0 amide bonds. The first kappa shape index (κ1) is 9.13. The van der Waals surface area contributed by atoms with Crippen molar-refractivity contribution < 1.29 is 4.74 Å². The molecule has 2 bridgehead atoms. The van der Waals surface area contributed by atoms with E-state index in [0.29, 0.717) is 18.0 Å². The summed E-state index contributed by atoms with van der Waals surface area (Å²) in [6, 6.07) is 1.92. The van der Waals surface area contributed by atoms with Crippen molar-refractivity contribution in [2.75, 3.05) is 19.8 Å². The van der Waals surface area contributed by atoms with Crippen LogP contribution in [0.25, 0.3) is 0 Å². The van der Waals surface area contributed by atoms with Gasteiger partial charge in [0.15, 0.2) is 0 Å². The van der Waals surface area contributed by atoms with E-state index in [1.54, 1.807) is 0 Å². The molecular weight excluding hydrogens is 176 g/mol. The van der Waals surface area contributed by atoms with Gasteiger partial charge in [0.25, 0.3) is 0 Å². The van der Waals surface area contributed by atoms with Gasteiger partial charge in [-0.25, -0.2) is 0 Å². The first-order valence-corrected chi connectivity index (χ1v) is 5.86. The second-order valence-corrected chi connectivity index (χ2v) is 5.25. The minimum absolute atomic E-state index is 0.477. The summed E-state index contributed by atoms with van der Waals surface area (Å²) >= 11 is 0. The number of fused-ring (bicyclic) bond motifs is 1. The SMILES string of the molecule is CC1COCCC1N1CC2CC1C2N. The van der Waals surface area contributed by atoms with Gasteiger partial charge < -0.3 is 10.5 Å². The van der Waals surface area contributed by atoms with Crippen molar-refractivity contribution in [1.29, 1.82) is 0 Å². The molecule has 3 aliphatic heterocycles. The summed E-state index contributed by atoms with van der Waals surface area (Å²) in [6.07, 6.45) is 2.56. The van der Waals surface area contributed by atoms with E-state index in [0.717, 1.165) is 25.2 Å². The molecule has 80 valence electrons. The molecule has 2 N–H and O–H groups in total. The molecule has 1 saturated carbocycles. The fraction of sp³-hybridized carbons (Fsp3) is 1.00. The van der Waals surface area contributed by atoms with Crippen molar-refractivity contribution in [3.63, 3.8) is 0 Å². The quantitative estimate of drug-likeness (QED) is 0.661. The van der Waals surface area contributed by atoms with Crippen molar-refractivity contribution in [2.45, 2.75) is 37.9 Å². The van der Waals surface area contributed by atoms with Gasteiger partial charge in [-0.15, -0.1) is 0 Å². The van der Waals surface area contributed by atoms with Crippen molar-refractivity contribution in [3.05, 3.63) is 0 Å². The van der Waals surface area contributed by atoms with Gasteiger partial charge in [0, 0.05) is 31.3 Å². The van der Waals surface area contributed by atoms with Crippen LogP contribution in [0.15, 0.2) is 0 Å². The topological polar surface area (TPSA) is 38.5 Å². The third-order valence-corrected chi connectivity index (χ3v) is 4.43. The molecule has 5 atom stereocenters. The monoisotopic (exact) mass is 196 g/mol. The van der Waals surface area contributed by atoms with Crippen LogP contribution < -0.4 is 5.73 Å². The third-order valence-electron chi connectivity index (χ3n) is 4.43. The molecule has 4 aliphatic rings. The van der Waals surface area contributed by atoms with E-state index in [1.807, 2.05) is 0 Å². The molecular formula is C11H20N2O. The average molecular weight is 196 g/mol. The first-order valence-electron chi connectivity index (χ1n) is 5.86. The summed E-state index contributed by atoms with van der Waals surface area (Å²) in [4.78, 5) is 2.67. The van der Waals surface area contributed by atoms with Crippen molar-refractivity contribution >= 4 is 0 Å². The Morgan fingerprint density at radius 3 is 2.79 bits per heavy atom. The van der Waals surface area contributed by atoms with Gasteiger partial charge in [-0.3, -0.25) is 4.90 Å². The Hall–Kier alpha value is -0.120. The Morgan fingerprint density at radius 1 is 1.36 bits per heavy atom. The Balaban J connectivity index is 1.70. The van der Waals surface area contributed by atoms with Crippen molar-refractivity contribution in [2.24, 2.45) is 17.6 Å². The van der Waals surface area contributed by atoms with Gasteiger partial charge in [0.1, 0.15) is 0 Å². The lowest BCUT2D eigenvalue weighted by Gasteiger charge is -2.40. The van der Waals surface area contributed by atoms with Gasteiger partial charge in [0.05, 0.1) is 6.61 Å². The number of nitrogens with zero attached hydrogens (tertiary/aromatic N) is 1. The van der Waals surface area contributed by atoms with Crippen LogP contribution in [0.5, 0.6) is 0 Å². The Labute approximate surface area is 85.6 Å². The van der Waals surface area contributed by atoms with Gasteiger partial charge in [-0.05, 0) is 24.7 Å². The maximum absolute atomic E-state index is 6.10. The zero-order valence-electron chi connectivity index (χ0n) is 8.86. The van der Waals surface area contributed by atoms with E-state index in [9.17, 15) is 0 Å². The van der Waals surface area contributed by atoms with Crippen LogP contribution in [0.1, 0.15) is 19.8 Å². The van der Waals surface area contributed by atoms with Crippen LogP contribution in [0.4, 0.5) is 0 Å². The van der Waals surface area contributed by atoms with E-state index in [4.69, 9.17) is 10.5 Å². The molecule has 3 nitrogen and oxygen atoms in total. The lowest BCUT2D eigenvalue weighted by atomic mass is 9.80. The van der Waals surface area contributed by atoms with Crippen LogP contribution in [0.2, 0.25) is 0 Å². The van der Waals surface area contributed by atoms with E-state index in [2.05, 4.69) is 11.8 Å². The number of nitrogens with two attached hydrogens (primary N) is 1. The molecule has 0 aromatic rings.